The number of nitrogens with zero attached hydrogens (tertiary/aromatic N) is 1. The van der Waals surface area contributed by atoms with Crippen LogP contribution in [-0.4, -0.2) is 41.3 Å². The number of hydrogen-bond acceptors (Lipinski definition) is 3. The Morgan fingerprint density at radius 2 is 2.10 bits per heavy atom. The van der Waals surface area contributed by atoms with Crippen molar-refractivity contribution in [2.75, 3.05) is 19.6 Å². The van der Waals surface area contributed by atoms with Crippen LogP contribution in [0.2, 0.25) is 0 Å². The molecule has 60 valence electrons. The van der Waals surface area contributed by atoms with Crippen molar-refractivity contribution in [3.63, 3.8) is 0 Å². The fraction of sp³-hybridized carbons (Fsp3) is 1.00. The van der Waals surface area contributed by atoms with Crippen molar-refractivity contribution in [1.29, 1.82) is 0 Å². The standard InChI is InChI=1S/C7H16N2O/c1-7(2,8)5-9-3-6(10)4-9/h6,10H,3-5,8H2,1-2H3. The van der Waals surface area contributed by atoms with E-state index < -0.39 is 0 Å². The van der Waals surface area contributed by atoms with E-state index in [4.69, 9.17) is 10.8 Å². The van der Waals surface area contributed by atoms with Crippen LogP contribution < -0.4 is 5.73 Å². The van der Waals surface area contributed by atoms with Gasteiger partial charge in [0, 0.05) is 25.2 Å². The van der Waals surface area contributed by atoms with Crippen LogP contribution in [0.25, 0.3) is 0 Å². The summed E-state index contributed by atoms with van der Waals surface area (Å²) in [6.07, 6.45) is -0.109. The van der Waals surface area contributed by atoms with Crippen LogP contribution in [0.1, 0.15) is 13.8 Å². The molecular weight excluding hydrogens is 128 g/mol. The maximum atomic E-state index is 8.93. The van der Waals surface area contributed by atoms with Crippen LogP contribution in [-0.2, 0) is 0 Å². The molecule has 3 heteroatoms. The van der Waals surface area contributed by atoms with E-state index in [2.05, 4.69) is 4.90 Å². The van der Waals surface area contributed by atoms with Crippen molar-refractivity contribution in [1.82, 2.24) is 4.90 Å². The monoisotopic (exact) mass is 144 g/mol. The Morgan fingerprint density at radius 3 is 2.40 bits per heavy atom. The minimum absolute atomic E-state index is 0.109. The predicted molar refractivity (Wildman–Crippen MR) is 40.7 cm³/mol. The van der Waals surface area contributed by atoms with Crippen molar-refractivity contribution < 1.29 is 5.11 Å². The van der Waals surface area contributed by atoms with E-state index in [0.717, 1.165) is 19.6 Å². The van der Waals surface area contributed by atoms with Gasteiger partial charge >= 0.3 is 0 Å². The summed E-state index contributed by atoms with van der Waals surface area (Å²) in [6.45, 7) is 6.46. The van der Waals surface area contributed by atoms with E-state index in [-0.39, 0.29) is 11.6 Å². The molecule has 3 nitrogen and oxygen atoms in total. The first kappa shape index (κ1) is 7.98. The third kappa shape index (κ3) is 2.25. The molecule has 0 amide bonds. The zero-order chi connectivity index (χ0) is 7.78. The van der Waals surface area contributed by atoms with Crippen LogP contribution in [0.4, 0.5) is 0 Å². The molecule has 0 unspecified atom stereocenters. The smallest absolute Gasteiger partial charge is 0.0793 e. The molecule has 0 aliphatic carbocycles. The Hall–Kier alpha value is -0.120. The summed E-state index contributed by atoms with van der Waals surface area (Å²) in [5.41, 5.74) is 5.64. The van der Waals surface area contributed by atoms with E-state index in [1.54, 1.807) is 0 Å². The van der Waals surface area contributed by atoms with Crippen LogP contribution in [0.5, 0.6) is 0 Å². The Balaban J connectivity index is 2.16. The normalized spacial score (nSPS) is 22.8. The summed E-state index contributed by atoms with van der Waals surface area (Å²) >= 11 is 0. The summed E-state index contributed by atoms with van der Waals surface area (Å²) in [5.74, 6) is 0. The molecule has 3 N–H and O–H groups in total. The van der Waals surface area contributed by atoms with Gasteiger partial charge in [0.05, 0.1) is 6.10 Å². The fourth-order valence-electron chi connectivity index (χ4n) is 1.25. The first-order valence-corrected chi connectivity index (χ1v) is 3.67. The lowest BCUT2D eigenvalue weighted by molar-refractivity contribution is -0.00682. The summed E-state index contributed by atoms with van der Waals surface area (Å²) in [5, 5.41) is 8.93. The number of β-amino-alcohol motifs (C(OH)–C–C–N with tert-alkyl or cyclic N) is 1. The number of rotatable bonds is 2. The predicted octanol–water partition coefficient (Wildman–Crippen LogP) is -0.600. The number of aliphatic hydroxyl groups is 1. The molecule has 0 aromatic rings. The number of aliphatic hydroxyl groups excluding tert-OH is 1. The number of hydrogen-bond donors (Lipinski definition) is 2. The zero-order valence-corrected chi connectivity index (χ0v) is 6.67. The topological polar surface area (TPSA) is 49.5 Å². The second-order valence-corrected chi connectivity index (χ2v) is 3.84. The quantitative estimate of drug-likeness (QED) is 0.544. The number of nitrogens with two attached hydrogens (primary N) is 1. The summed E-state index contributed by atoms with van der Waals surface area (Å²) in [6, 6.07) is 0. The average Bonchev–Trinajstić information content (AvgIpc) is 1.57. The Morgan fingerprint density at radius 1 is 1.60 bits per heavy atom. The van der Waals surface area contributed by atoms with Gasteiger partial charge < -0.3 is 10.8 Å². The molecule has 0 aromatic heterocycles. The van der Waals surface area contributed by atoms with E-state index >= 15 is 0 Å². The highest BCUT2D eigenvalue weighted by Gasteiger charge is 2.27. The molecule has 1 rings (SSSR count). The van der Waals surface area contributed by atoms with E-state index in [0.29, 0.717) is 0 Å². The molecule has 1 heterocycles. The SMILES string of the molecule is CC(C)(N)CN1CC(O)C1. The second kappa shape index (κ2) is 2.49. The molecule has 0 aromatic carbocycles. The third-order valence-corrected chi connectivity index (χ3v) is 1.57. The molecule has 1 saturated heterocycles. The van der Waals surface area contributed by atoms with Gasteiger partial charge in [0.15, 0.2) is 0 Å². The van der Waals surface area contributed by atoms with Gasteiger partial charge in [0.1, 0.15) is 0 Å². The first-order chi connectivity index (χ1) is 4.47. The van der Waals surface area contributed by atoms with Crippen molar-refractivity contribution in [3.05, 3.63) is 0 Å². The molecule has 0 saturated carbocycles. The van der Waals surface area contributed by atoms with Gasteiger partial charge in [-0.2, -0.15) is 0 Å². The zero-order valence-electron chi connectivity index (χ0n) is 6.67. The molecule has 1 aliphatic heterocycles. The van der Waals surface area contributed by atoms with Crippen LogP contribution in [0.3, 0.4) is 0 Å². The molecule has 0 bridgehead atoms. The maximum Gasteiger partial charge on any atom is 0.0793 e. The van der Waals surface area contributed by atoms with Crippen molar-refractivity contribution in [2.24, 2.45) is 5.73 Å². The Bertz CT molecular complexity index is 113. The molecule has 1 aliphatic rings. The van der Waals surface area contributed by atoms with E-state index in [1.807, 2.05) is 13.8 Å². The minimum atomic E-state index is -0.125. The fourth-order valence-corrected chi connectivity index (χ4v) is 1.25. The minimum Gasteiger partial charge on any atom is -0.390 e. The maximum absolute atomic E-state index is 8.93. The molecular formula is C7H16N2O. The van der Waals surface area contributed by atoms with Crippen LogP contribution in [0, 0.1) is 0 Å². The van der Waals surface area contributed by atoms with Gasteiger partial charge in [0.2, 0.25) is 0 Å². The van der Waals surface area contributed by atoms with E-state index in [1.165, 1.54) is 0 Å². The highest BCUT2D eigenvalue weighted by molar-refractivity contribution is 4.85. The molecule has 0 atom stereocenters. The van der Waals surface area contributed by atoms with Crippen molar-refractivity contribution >= 4 is 0 Å². The molecule has 1 fully saturated rings. The van der Waals surface area contributed by atoms with Crippen LogP contribution in [0.15, 0.2) is 0 Å². The van der Waals surface area contributed by atoms with Gasteiger partial charge in [-0.25, -0.2) is 0 Å². The summed E-state index contributed by atoms with van der Waals surface area (Å²) in [7, 11) is 0. The highest BCUT2D eigenvalue weighted by Crippen LogP contribution is 2.10. The summed E-state index contributed by atoms with van der Waals surface area (Å²) < 4.78 is 0. The average molecular weight is 144 g/mol. The first-order valence-electron chi connectivity index (χ1n) is 3.67. The van der Waals surface area contributed by atoms with Gasteiger partial charge in [-0.1, -0.05) is 0 Å². The number of likely N-dealkylation sites (tertiary alicyclic amines) is 1. The van der Waals surface area contributed by atoms with Gasteiger partial charge in [-0.15, -0.1) is 0 Å². The third-order valence-electron chi connectivity index (χ3n) is 1.57. The summed E-state index contributed by atoms with van der Waals surface area (Å²) in [4.78, 5) is 2.16. The Kier molecular flexibility index (Phi) is 1.99. The lowest BCUT2D eigenvalue weighted by Gasteiger charge is -2.39. The molecule has 0 radical (unpaired) electrons. The lowest BCUT2D eigenvalue weighted by Crippen LogP contribution is -2.57. The van der Waals surface area contributed by atoms with Gasteiger partial charge in [-0.05, 0) is 13.8 Å². The van der Waals surface area contributed by atoms with Gasteiger partial charge in [0.25, 0.3) is 0 Å². The van der Waals surface area contributed by atoms with Crippen LogP contribution >= 0.6 is 0 Å². The largest absolute Gasteiger partial charge is 0.390 e. The van der Waals surface area contributed by atoms with Gasteiger partial charge in [-0.3, -0.25) is 4.90 Å². The van der Waals surface area contributed by atoms with E-state index in [9.17, 15) is 0 Å². The Labute approximate surface area is 61.8 Å². The lowest BCUT2D eigenvalue weighted by atomic mass is 10.0. The highest BCUT2D eigenvalue weighted by atomic mass is 16.3. The second-order valence-electron chi connectivity index (χ2n) is 3.84. The molecule has 0 spiro atoms. The van der Waals surface area contributed by atoms with Crippen molar-refractivity contribution in [2.45, 2.75) is 25.5 Å². The molecule has 10 heavy (non-hydrogen) atoms. The van der Waals surface area contributed by atoms with Crippen molar-refractivity contribution in [3.8, 4) is 0 Å².